The first kappa shape index (κ1) is 22.0. The Balaban J connectivity index is 1.94. The lowest BCUT2D eigenvalue weighted by atomic mass is 10.1. The number of nitrogens with one attached hydrogen (secondary N) is 1. The number of benzene rings is 1. The third-order valence-corrected chi connectivity index (χ3v) is 4.50. The first-order chi connectivity index (χ1) is 14.1. The van der Waals surface area contributed by atoms with Crippen LogP contribution >= 0.6 is 11.6 Å². The molecule has 3 rings (SSSR count). The molecule has 0 fully saturated rings. The zero-order chi connectivity index (χ0) is 21.9. The molecule has 0 aliphatic carbocycles. The number of hydrogen-bond donors (Lipinski definition) is 1. The van der Waals surface area contributed by atoms with E-state index >= 15 is 0 Å². The molecule has 0 bridgehead atoms. The van der Waals surface area contributed by atoms with Crippen LogP contribution in [0.4, 0.5) is 13.2 Å². The van der Waals surface area contributed by atoms with E-state index in [0.29, 0.717) is 29.2 Å². The molecule has 0 aliphatic rings. The molecule has 0 saturated carbocycles. The molecule has 158 valence electrons. The molecular formula is C21H19ClF3N4O-. The maximum absolute atomic E-state index is 12.8. The number of pyridine rings is 1. The quantitative estimate of drug-likeness (QED) is 0.539. The summed E-state index contributed by atoms with van der Waals surface area (Å²) in [6.07, 6.45) is -3.78. The lowest BCUT2D eigenvalue weighted by molar-refractivity contribution is -0.137. The van der Waals surface area contributed by atoms with Gasteiger partial charge in [-0.3, -0.25) is 9.78 Å². The second kappa shape index (κ2) is 8.97. The highest BCUT2D eigenvalue weighted by Gasteiger charge is 2.30. The number of H-pyrrole nitrogens is 1. The Morgan fingerprint density at radius 1 is 1.13 bits per heavy atom. The van der Waals surface area contributed by atoms with E-state index in [1.807, 2.05) is 6.07 Å². The van der Waals surface area contributed by atoms with Crippen molar-refractivity contribution in [1.82, 2.24) is 15.0 Å². The summed E-state index contributed by atoms with van der Waals surface area (Å²) in [4.78, 5) is 23.0. The summed E-state index contributed by atoms with van der Waals surface area (Å²) in [6.45, 7) is 5.37. The minimum Gasteiger partial charge on any atom is -0.658 e. The van der Waals surface area contributed by atoms with Crippen LogP contribution in [-0.2, 0) is 12.7 Å². The van der Waals surface area contributed by atoms with Crippen LogP contribution in [0.5, 0.6) is 0 Å². The summed E-state index contributed by atoms with van der Waals surface area (Å²) in [7, 11) is 0. The van der Waals surface area contributed by atoms with E-state index in [1.54, 1.807) is 12.1 Å². The van der Waals surface area contributed by atoms with Gasteiger partial charge in [0.2, 0.25) is 0 Å². The molecule has 9 heteroatoms. The molecule has 0 amide bonds. The van der Waals surface area contributed by atoms with Crippen LogP contribution in [0.15, 0.2) is 47.4 Å². The summed E-state index contributed by atoms with van der Waals surface area (Å²) < 4.78 is 38.3. The van der Waals surface area contributed by atoms with E-state index in [2.05, 4.69) is 34.1 Å². The Labute approximate surface area is 176 Å². The average molecular weight is 436 g/mol. The highest BCUT2D eigenvalue weighted by molar-refractivity contribution is 6.33. The molecule has 0 aliphatic heterocycles. The number of hydrogen-bond acceptors (Lipinski definition) is 3. The van der Waals surface area contributed by atoms with Crippen LogP contribution < -0.4 is 5.56 Å². The number of rotatable bonds is 6. The molecular weight excluding hydrogens is 417 g/mol. The van der Waals surface area contributed by atoms with Gasteiger partial charge in [0, 0.05) is 17.8 Å². The van der Waals surface area contributed by atoms with Gasteiger partial charge in [0.15, 0.2) is 0 Å². The Morgan fingerprint density at radius 2 is 1.90 bits per heavy atom. The van der Waals surface area contributed by atoms with E-state index in [0.717, 1.165) is 18.2 Å². The Hall–Kier alpha value is -2.71. The van der Waals surface area contributed by atoms with Crippen molar-refractivity contribution in [1.29, 1.82) is 0 Å². The van der Waals surface area contributed by atoms with Crippen LogP contribution in [0.25, 0.3) is 28.1 Å². The molecule has 2 heterocycles. The molecule has 0 unspecified atom stereocenters. The van der Waals surface area contributed by atoms with Gasteiger partial charge in [-0.1, -0.05) is 43.0 Å². The summed E-state index contributed by atoms with van der Waals surface area (Å²) in [5.41, 5.74) is 0.346. The van der Waals surface area contributed by atoms with E-state index in [-0.39, 0.29) is 17.2 Å². The average Bonchev–Trinajstić information content (AvgIpc) is 2.68. The van der Waals surface area contributed by atoms with Gasteiger partial charge in [-0.2, -0.15) is 13.2 Å². The third kappa shape index (κ3) is 5.46. The van der Waals surface area contributed by atoms with Gasteiger partial charge in [0.1, 0.15) is 5.82 Å². The van der Waals surface area contributed by atoms with E-state index < -0.39 is 17.3 Å². The van der Waals surface area contributed by atoms with Crippen molar-refractivity contribution in [3.63, 3.8) is 0 Å². The molecule has 5 nitrogen and oxygen atoms in total. The van der Waals surface area contributed by atoms with Crippen molar-refractivity contribution in [2.75, 3.05) is 6.54 Å². The second-order valence-corrected chi connectivity index (χ2v) is 7.59. The third-order valence-electron chi connectivity index (χ3n) is 4.17. The molecule has 0 atom stereocenters. The minimum atomic E-state index is -4.49. The molecule has 1 aromatic carbocycles. The molecule has 0 saturated heterocycles. The van der Waals surface area contributed by atoms with Crippen molar-refractivity contribution >= 4 is 11.6 Å². The van der Waals surface area contributed by atoms with Gasteiger partial charge < -0.3 is 10.3 Å². The summed E-state index contributed by atoms with van der Waals surface area (Å²) in [5.74, 6) is 0.651. The Kier molecular flexibility index (Phi) is 6.58. The smallest absolute Gasteiger partial charge is 0.417 e. The van der Waals surface area contributed by atoms with Gasteiger partial charge in [-0.25, -0.2) is 4.98 Å². The molecule has 0 radical (unpaired) electrons. The minimum absolute atomic E-state index is 0.147. The molecule has 30 heavy (non-hydrogen) atoms. The number of aromatic nitrogens is 3. The van der Waals surface area contributed by atoms with Gasteiger partial charge in [-0.05, 0) is 24.3 Å². The van der Waals surface area contributed by atoms with Crippen molar-refractivity contribution < 1.29 is 13.2 Å². The molecule has 0 spiro atoms. The monoisotopic (exact) mass is 435 g/mol. The number of halogens is 4. The number of nitrogens with zero attached hydrogens (tertiary/aromatic N) is 3. The lowest BCUT2D eigenvalue weighted by Gasteiger charge is -2.22. The van der Waals surface area contributed by atoms with Crippen LogP contribution in [0.1, 0.15) is 25.0 Å². The van der Waals surface area contributed by atoms with Crippen LogP contribution in [-0.4, -0.2) is 21.5 Å². The highest BCUT2D eigenvalue weighted by atomic mass is 35.5. The Bertz CT molecular complexity index is 1080. The maximum atomic E-state index is 12.8. The van der Waals surface area contributed by atoms with Crippen molar-refractivity contribution in [2.45, 2.75) is 26.6 Å². The first-order valence-electron chi connectivity index (χ1n) is 9.20. The topological polar surface area (TPSA) is 72.7 Å². The number of aromatic amines is 1. The van der Waals surface area contributed by atoms with E-state index in [4.69, 9.17) is 11.6 Å². The van der Waals surface area contributed by atoms with Gasteiger partial charge in [0.05, 0.1) is 22.0 Å². The summed E-state index contributed by atoms with van der Waals surface area (Å²) >= 11 is 6.30. The van der Waals surface area contributed by atoms with Gasteiger partial charge in [0.25, 0.3) is 5.56 Å². The van der Waals surface area contributed by atoms with Crippen molar-refractivity contribution in [3.05, 3.63) is 74.4 Å². The zero-order valence-electron chi connectivity index (χ0n) is 16.3. The highest BCUT2D eigenvalue weighted by Crippen LogP contribution is 2.30. The summed E-state index contributed by atoms with van der Waals surface area (Å²) in [5, 5.41) is 4.86. The largest absolute Gasteiger partial charge is 0.658 e. The maximum Gasteiger partial charge on any atom is 0.417 e. The van der Waals surface area contributed by atoms with Crippen LogP contribution in [0.2, 0.25) is 5.02 Å². The fourth-order valence-corrected chi connectivity index (χ4v) is 2.94. The zero-order valence-corrected chi connectivity index (χ0v) is 17.1. The van der Waals surface area contributed by atoms with Crippen molar-refractivity contribution in [3.8, 4) is 22.8 Å². The number of alkyl halides is 3. The van der Waals surface area contributed by atoms with Gasteiger partial charge in [-0.15, -0.1) is 13.1 Å². The second-order valence-electron chi connectivity index (χ2n) is 7.18. The standard InChI is InChI=1S/C21H19ClF3N4O/c1-12(2)9-26-10-13-3-5-16(22)15(7-13)20-28-18(8-19(30)29-20)17-6-4-14(11-27-17)21(23,24)25/h3-8,11-12H,9-10H2,1-2H3,(H,28,29,30)/q-1. The predicted molar refractivity (Wildman–Crippen MR) is 110 cm³/mol. The normalized spacial score (nSPS) is 11.8. The summed E-state index contributed by atoms with van der Waals surface area (Å²) in [6, 6.07) is 8.57. The van der Waals surface area contributed by atoms with Gasteiger partial charge >= 0.3 is 6.18 Å². The fraction of sp³-hybridized carbons (Fsp3) is 0.286. The van der Waals surface area contributed by atoms with Crippen LogP contribution in [0, 0.1) is 5.92 Å². The fourth-order valence-electron chi connectivity index (χ4n) is 2.73. The lowest BCUT2D eigenvalue weighted by Crippen LogP contribution is -2.10. The molecule has 3 aromatic rings. The molecule has 1 N–H and O–H groups in total. The predicted octanol–water partition coefficient (Wildman–Crippen LogP) is 5.70. The van der Waals surface area contributed by atoms with E-state index in [9.17, 15) is 18.0 Å². The SMILES string of the molecule is CC(C)C[N-]Cc1ccc(Cl)c(-c2nc(-c3ccc(C(F)(F)F)cn3)cc(=O)[nH]2)c1. The van der Waals surface area contributed by atoms with Crippen LogP contribution in [0.3, 0.4) is 0 Å². The first-order valence-corrected chi connectivity index (χ1v) is 9.58. The van der Waals surface area contributed by atoms with Crippen molar-refractivity contribution in [2.24, 2.45) is 5.92 Å². The van der Waals surface area contributed by atoms with E-state index in [1.165, 1.54) is 12.1 Å². The Morgan fingerprint density at radius 3 is 2.53 bits per heavy atom. The molecule has 2 aromatic heterocycles.